The van der Waals surface area contributed by atoms with Crippen molar-refractivity contribution in [1.82, 2.24) is 25.3 Å². The minimum atomic E-state index is -0.0227. The molecule has 1 N–H and O–H groups in total. The zero-order valence-corrected chi connectivity index (χ0v) is 22.2. The Morgan fingerprint density at radius 3 is 2.62 bits per heavy atom. The number of carbonyl (C=O) groups excluding carboxylic acids is 1. The summed E-state index contributed by atoms with van der Waals surface area (Å²) >= 11 is 0. The predicted molar refractivity (Wildman–Crippen MR) is 144 cm³/mol. The lowest BCUT2D eigenvalue weighted by atomic mass is 9.97. The lowest BCUT2D eigenvalue weighted by molar-refractivity contribution is -0.127. The van der Waals surface area contributed by atoms with Crippen molar-refractivity contribution in [3.63, 3.8) is 0 Å². The highest BCUT2D eigenvalue weighted by molar-refractivity contribution is 5.79. The molecular weight excluding hydrogens is 462 g/mol. The van der Waals surface area contributed by atoms with Crippen molar-refractivity contribution in [2.75, 3.05) is 26.2 Å². The fraction of sp³-hybridized carbons (Fsp3) is 0.500. The molecule has 7 heteroatoms. The SMILES string of the molecule is Cc1ccccc1-c1noc(CN2CCCC(C(=O)NCc3cccc(CN4CCCC(C)C4)c3)C2)n1. The van der Waals surface area contributed by atoms with E-state index in [1.54, 1.807) is 0 Å². The van der Waals surface area contributed by atoms with Crippen molar-refractivity contribution >= 4 is 5.91 Å². The summed E-state index contributed by atoms with van der Waals surface area (Å²) < 4.78 is 5.54. The molecule has 1 amide bonds. The first-order chi connectivity index (χ1) is 18.0. The standard InChI is InChI=1S/C30H39N5O2/c1-22-8-6-14-34(18-22)19-25-11-5-10-24(16-25)17-31-30(36)26-12-7-15-35(20-26)21-28-32-29(33-37-28)27-13-4-3-9-23(27)2/h3-5,9-11,13,16,22,26H,6-8,12,14-15,17-21H2,1-2H3,(H,31,36). The number of nitrogens with one attached hydrogen (secondary N) is 1. The molecule has 0 aliphatic carbocycles. The summed E-state index contributed by atoms with van der Waals surface area (Å²) in [5, 5.41) is 7.37. The van der Waals surface area contributed by atoms with E-state index in [1.807, 2.05) is 31.2 Å². The second-order valence-corrected chi connectivity index (χ2v) is 10.9. The van der Waals surface area contributed by atoms with Gasteiger partial charge in [-0.2, -0.15) is 4.98 Å². The third kappa shape index (κ3) is 6.84. The third-order valence-corrected chi connectivity index (χ3v) is 7.69. The maximum Gasteiger partial charge on any atom is 0.241 e. The lowest BCUT2D eigenvalue weighted by Gasteiger charge is -2.31. The molecule has 2 saturated heterocycles. The summed E-state index contributed by atoms with van der Waals surface area (Å²) in [5.41, 5.74) is 4.60. The molecular formula is C30H39N5O2. The van der Waals surface area contributed by atoms with Crippen molar-refractivity contribution < 1.29 is 9.32 Å². The van der Waals surface area contributed by atoms with Gasteiger partial charge < -0.3 is 9.84 Å². The van der Waals surface area contributed by atoms with Gasteiger partial charge in [0.2, 0.25) is 17.6 Å². The van der Waals surface area contributed by atoms with Gasteiger partial charge in [0.15, 0.2) is 0 Å². The van der Waals surface area contributed by atoms with E-state index < -0.39 is 0 Å². The summed E-state index contributed by atoms with van der Waals surface area (Å²) in [4.78, 5) is 22.5. The van der Waals surface area contributed by atoms with Crippen LogP contribution in [0.25, 0.3) is 11.4 Å². The first kappa shape index (κ1) is 25.6. The quantitative estimate of drug-likeness (QED) is 0.478. The summed E-state index contributed by atoms with van der Waals surface area (Å²) in [6, 6.07) is 16.7. The summed E-state index contributed by atoms with van der Waals surface area (Å²) in [6.07, 6.45) is 4.52. The number of likely N-dealkylation sites (tertiary alicyclic amines) is 2. The Morgan fingerprint density at radius 1 is 1.00 bits per heavy atom. The average molecular weight is 502 g/mol. The number of hydrogen-bond donors (Lipinski definition) is 1. The maximum absolute atomic E-state index is 13.0. The van der Waals surface area contributed by atoms with Crippen molar-refractivity contribution in [1.29, 1.82) is 0 Å². The Labute approximate surface area is 220 Å². The van der Waals surface area contributed by atoms with Crippen molar-refractivity contribution in [2.24, 2.45) is 11.8 Å². The number of aryl methyl sites for hydroxylation is 1. The molecule has 2 unspecified atom stereocenters. The molecule has 2 atom stereocenters. The van der Waals surface area contributed by atoms with E-state index in [4.69, 9.17) is 4.52 Å². The third-order valence-electron chi connectivity index (χ3n) is 7.69. The van der Waals surface area contributed by atoms with Gasteiger partial charge in [-0.1, -0.05) is 60.6 Å². The fourth-order valence-electron chi connectivity index (χ4n) is 5.72. The van der Waals surface area contributed by atoms with Crippen LogP contribution in [0.4, 0.5) is 0 Å². The number of benzene rings is 2. The molecule has 0 saturated carbocycles. The first-order valence-corrected chi connectivity index (χ1v) is 13.7. The van der Waals surface area contributed by atoms with Gasteiger partial charge in [0, 0.05) is 31.7 Å². The molecule has 37 heavy (non-hydrogen) atoms. The van der Waals surface area contributed by atoms with Crippen LogP contribution < -0.4 is 5.32 Å². The van der Waals surface area contributed by atoms with Crippen LogP contribution in [0.3, 0.4) is 0 Å². The van der Waals surface area contributed by atoms with E-state index in [2.05, 4.69) is 56.4 Å². The van der Waals surface area contributed by atoms with Crippen molar-refractivity contribution in [3.8, 4) is 11.4 Å². The van der Waals surface area contributed by atoms with Crippen LogP contribution in [0.5, 0.6) is 0 Å². The molecule has 0 bridgehead atoms. The van der Waals surface area contributed by atoms with Crippen LogP contribution in [-0.4, -0.2) is 52.0 Å². The molecule has 3 heterocycles. The molecule has 0 radical (unpaired) electrons. The monoisotopic (exact) mass is 501 g/mol. The number of hydrogen-bond acceptors (Lipinski definition) is 6. The zero-order valence-electron chi connectivity index (χ0n) is 22.2. The van der Waals surface area contributed by atoms with Gasteiger partial charge in [-0.15, -0.1) is 0 Å². The summed E-state index contributed by atoms with van der Waals surface area (Å²) in [5.74, 6) is 2.11. The van der Waals surface area contributed by atoms with Crippen LogP contribution in [0.2, 0.25) is 0 Å². The van der Waals surface area contributed by atoms with Gasteiger partial charge in [0.05, 0.1) is 12.5 Å². The number of rotatable bonds is 8. The minimum Gasteiger partial charge on any atom is -0.352 e. The normalized spacial score (nSPS) is 21.1. The number of carbonyl (C=O) groups is 1. The highest BCUT2D eigenvalue weighted by Gasteiger charge is 2.27. The fourth-order valence-corrected chi connectivity index (χ4v) is 5.72. The smallest absolute Gasteiger partial charge is 0.241 e. The predicted octanol–water partition coefficient (Wildman–Crippen LogP) is 4.81. The van der Waals surface area contributed by atoms with Gasteiger partial charge >= 0.3 is 0 Å². The molecule has 1 aromatic heterocycles. The number of amides is 1. The number of nitrogens with zero attached hydrogens (tertiary/aromatic N) is 4. The molecule has 196 valence electrons. The van der Waals surface area contributed by atoms with Gasteiger partial charge in [0.25, 0.3) is 0 Å². The van der Waals surface area contributed by atoms with Crippen molar-refractivity contribution in [2.45, 2.75) is 59.2 Å². The highest BCUT2D eigenvalue weighted by atomic mass is 16.5. The Hall–Kier alpha value is -3.03. The van der Waals surface area contributed by atoms with Crippen LogP contribution >= 0.6 is 0 Å². The summed E-state index contributed by atoms with van der Waals surface area (Å²) in [6.45, 7) is 10.5. The molecule has 2 fully saturated rings. The minimum absolute atomic E-state index is 0.0227. The van der Waals surface area contributed by atoms with Crippen LogP contribution in [0.1, 0.15) is 55.2 Å². The van der Waals surface area contributed by atoms with E-state index in [0.717, 1.165) is 48.5 Å². The van der Waals surface area contributed by atoms with E-state index in [9.17, 15) is 4.79 Å². The molecule has 2 aliphatic heterocycles. The molecule has 5 rings (SSSR count). The second-order valence-electron chi connectivity index (χ2n) is 10.9. The first-order valence-electron chi connectivity index (χ1n) is 13.7. The van der Waals surface area contributed by atoms with Crippen molar-refractivity contribution in [3.05, 3.63) is 71.1 Å². The lowest BCUT2D eigenvalue weighted by Crippen LogP contribution is -2.42. The van der Waals surface area contributed by atoms with Crippen LogP contribution in [-0.2, 0) is 24.4 Å². The largest absolute Gasteiger partial charge is 0.352 e. The maximum atomic E-state index is 13.0. The number of piperidine rings is 2. The van der Waals surface area contributed by atoms with Gasteiger partial charge in [-0.25, -0.2) is 0 Å². The van der Waals surface area contributed by atoms with Crippen LogP contribution in [0, 0.1) is 18.8 Å². The van der Waals surface area contributed by atoms with Gasteiger partial charge in [-0.05, 0) is 68.3 Å². The highest BCUT2D eigenvalue weighted by Crippen LogP contribution is 2.23. The topological polar surface area (TPSA) is 74.5 Å². The zero-order chi connectivity index (χ0) is 25.6. The Kier molecular flexibility index (Phi) is 8.31. The van der Waals surface area contributed by atoms with E-state index in [-0.39, 0.29) is 11.8 Å². The van der Waals surface area contributed by atoms with E-state index in [1.165, 1.54) is 31.5 Å². The van der Waals surface area contributed by atoms with Crippen LogP contribution in [0.15, 0.2) is 53.1 Å². The summed E-state index contributed by atoms with van der Waals surface area (Å²) in [7, 11) is 0. The molecule has 2 aromatic carbocycles. The molecule has 7 nitrogen and oxygen atoms in total. The van der Waals surface area contributed by atoms with Gasteiger partial charge in [0.1, 0.15) is 0 Å². The average Bonchev–Trinajstić information content (AvgIpc) is 3.36. The Morgan fingerprint density at radius 2 is 1.78 bits per heavy atom. The Bertz CT molecular complexity index is 1190. The molecule has 2 aliphatic rings. The van der Waals surface area contributed by atoms with E-state index in [0.29, 0.717) is 31.3 Å². The van der Waals surface area contributed by atoms with Gasteiger partial charge in [-0.3, -0.25) is 14.6 Å². The van der Waals surface area contributed by atoms with E-state index >= 15 is 0 Å². The Balaban J connectivity index is 1.12. The number of aromatic nitrogens is 2. The molecule has 3 aromatic rings. The molecule has 0 spiro atoms. The second kappa shape index (κ2) is 12.0.